The van der Waals surface area contributed by atoms with Crippen molar-refractivity contribution >= 4 is 5.84 Å². The zero-order valence-electron chi connectivity index (χ0n) is 11.8. The predicted octanol–water partition coefficient (Wildman–Crippen LogP) is 2.04. The summed E-state index contributed by atoms with van der Waals surface area (Å²) in [5.41, 5.74) is 6.77. The van der Waals surface area contributed by atoms with Crippen LogP contribution in [-0.2, 0) is 30.7 Å². The molecule has 2 heterocycles. The molecule has 1 aliphatic heterocycles. The molecule has 0 saturated carbocycles. The van der Waals surface area contributed by atoms with Gasteiger partial charge in [-0.05, 0) is 28.8 Å². The number of halogens is 1. The molecule has 0 spiro atoms. The van der Waals surface area contributed by atoms with Crippen molar-refractivity contribution in [2.45, 2.75) is 12.5 Å². The zero-order valence-corrected chi connectivity index (χ0v) is 14.5. The Bertz CT molecular complexity index is 695. The Kier molecular flexibility index (Phi) is 5.02. The second-order valence-corrected chi connectivity index (χ2v) is 5.00. The summed E-state index contributed by atoms with van der Waals surface area (Å²) in [6, 6.07) is 4.80. The molecule has 115 valence electrons. The number of nitrogens with zero attached hydrogens (tertiary/aromatic N) is 3. The van der Waals surface area contributed by atoms with Crippen LogP contribution in [0.2, 0.25) is 0 Å². The van der Waals surface area contributed by atoms with E-state index in [2.05, 4.69) is 15.0 Å². The standard InChI is InChI=1S/C15H14FN4O.Re/c1-15(8-21-7-14(17)20-15)12-4-10(2-3-13(12)16)11-5-18-9-19-6-11;/h2-6,8-9H,7H2,1H3,(H2,17,20);/q-1;. The molecule has 1 aromatic heterocycles. The number of amidine groups is 1. The number of benzene rings is 1. The molecule has 22 heavy (non-hydrogen) atoms. The number of rotatable bonds is 2. The molecule has 1 atom stereocenters. The third-order valence-electron chi connectivity index (χ3n) is 3.33. The smallest absolute Gasteiger partial charge is 0.126 e. The van der Waals surface area contributed by atoms with Gasteiger partial charge in [-0.25, -0.2) is 14.4 Å². The molecule has 7 heteroatoms. The molecule has 2 aromatic rings. The van der Waals surface area contributed by atoms with Crippen molar-refractivity contribution in [3.63, 3.8) is 0 Å². The fraction of sp³-hybridized carbons (Fsp3) is 0.200. The third-order valence-corrected chi connectivity index (χ3v) is 3.33. The molecule has 1 aromatic carbocycles. The predicted molar refractivity (Wildman–Crippen MR) is 76.7 cm³/mol. The first-order valence-electron chi connectivity index (χ1n) is 6.44. The van der Waals surface area contributed by atoms with Crippen LogP contribution < -0.4 is 5.73 Å². The molecule has 1 unspecified atom stereocenters. The molecule has 0 saturated heterocycles. The van der Waals surface area contributed by atoms with Crippen molar-refractivity contribution in [2.24, 2.45) is 10.7 Å². The van der Waals surface area contributed by atoms with E-state index in [1.165, 1.54) is 19.0 Å². The summed E-state index contributed by atoms with van der Waals surface area (Å²) in [5.74, 6) is -0.0238. The maximum atomic E-state index is 14.2. The monoisotopic (exact) mass is 472 g/mol. The Labute approximate surface area is 141 Å². The summed E-state index contributed by atoms with van der Waals surface area (Å²) >= 11 is 0. The molecule has 5 nitrogen and oxygen atoms in total. The normalized spacial score (nSPS) is 20.9. The largest absolute Gasteiger partial charge is 0.544 e. The van der Waals surface area contributed by atoms with Crippen molar-refractivity contribution in [1.29, 1.82) is 0 Å². The number of aliphatic imine (C=N–C) groups is 1. The van der Waals surface area contributed by atoms with E-state index < -0.39 is 5.54 Å². The summed E-state index contributed by atoms with van der Waals surface area (Å²) in [6.07, 6.45) is 4.79. The zero-order chi connectivity index (χ0) is 14.9. The quantitative estimate of drug-likeness (QED) is 0.681. The van der Waals surface area contributed by atoms with Crippen LogP contribution in [0, 0.1) is 12.4 Å². The third kappa shape index (κ3) is 3.22. The van der Waals surface area contributed by atoms with Crippen LogP contribution in [0.5, 0.6) is 0 Å². The molecule has 1 radical (unpaired) electrons. The van der Waals surface area contributed by atoms with Crippen LogP contribution in [0.1, 0.15) is 12.5 Å². The molecule has 0 fully saturated rings. The van der Waals surface area contributed by atoms with E-state index in [9.17, 15) is 4.39 Å². The molecule has 0 bridgehead atoms. The van der Waals surface area contributed by atoms with Gasteiger partial charge in [-0.15, -0.1) is 0 Å². The van der Waals surface area contributed by atoms with Crippen LogP contribution in [-0.4, -0.2) is 22.4 Å². The molecular formula is C15H14FN4ORe-. The minimum atomic E-state index is -0.946. The van der Waals surface area contributed by atoms with Crippen LogP contribution in [0.15, 0.2) is 41.9 Å². The second-order valence-electron chi connectivity index (χ2n) is 5.00. The van der Waals surface area contributed by atoms with E-state index in [1.807, 2.05) is 0 Å². The van der Waals surface area contributed by atoms with Crippen molar-refractivity contribution in [3.8, 4) is 11.1 Å². The molecule has 3 rings (SSSR count). The van der Waals surface area contributed by atoms with E-state index in [0.29, 0.717) is 11.4 Å². The van der Waals surface area contributed by atoms with Gasteiger partial charge in [0.15, 0.2) is 0 Å². The summed E-state index contributed by atoms with van der Waals surface area (Å²) in [7, 11) is 0. The number of ether oxygens (including phenoxy) is 1. The minimum Gasteiger partial charge on any atom is -0.544 e. The first kappa shape index (κ1) is 16.7. The number of hydrogen-bond acceptors (Lipinski definition) is 5. The van der Waals surface area contributed by atoms with Gasteiger partial charge in [0.1, 0.15) is 18.0 Å². The first-order chi connectivity index (χ1) is 10.1. The molecule has 2 N–H and O–H groups in total. The van der Waals surface area contributed by atoms with Gasteiger partial charge in [0, 0.05) is 38.4 Å². The van der Waals surface area contributed by atoms with Crippen LogP contribution in [0.25, 0.3) is 11.1 Å². The second kappa shape index (κ2) is 6.61. The summed E-state index contributed by atoms with van der Waals surface area (Å²) < 4.78 is 19.5. The number of aromatic nitrogens is 2. The maximum absolute atomic E-state index is 14.2. The van der Waals surface area contributed by atoms with Gasteiger partial charge < -0.3 is 10.5 Å². The Morgan fingerprint density at radius 1 is 1.27 bits per heavy atom. The summed E-state index contributed by atoms with van der Waals surface area (Å²) in [4.78, 5) is 12.3. The fourth-order valence-electron chi connectivity index (χ4n) is 2.31. The van der Waals surface area contributed by atoms with Gasteiger partial charge in [-0.1, -0.05) is 13.0 Å². The van der Waals surface area contributed by atoms with Crippen molar-refractivity contribution in [3.05, 3.63) is 54.9 Å². The van der Waals surface area contributed by atoms with Crippen molar-refractivity contribution in [2.75, 3.05) is 6.61 Å². The van der Waals surface area contributed by atoms with Crippen LogP contribution in [0.4, 0.5) is 4.39 Å². The maximum Gasteiger partial charge on any atom is 0.126 e. The van der Waals surface area contributed by atoms with E-state index in [1.54, 1.807) is 31.5 Å². The Morgan fingerprint density at radius 2 is 2.00 bits per heavy atom. The molecule has 0 aliphatic carbocycles. The van der Waals surface area contributed by atoms with Gasteiger partial charge in [-0.3, -0.25) is 4.99 Å². The van der Waals surface area contributed by atoms with Gasteiger partial charge in [0.05, 0.1) is 6.61 Å². The molecule has 0 amide bonds. The van der Waals surface area contributed by atoms with Gasteiger partial charge >= 0.3 is 0 Å². The van der Waals surface area contributed by atoms with Crippen LogP contribution >= 0.6 is 0 Å². The van der Waals surface area contributed by atoms with Gasteiger partial charge in [0.2, 0.25) is 0 Å². The van der Waals surface area contributed by atoms with Gasteiger partial charge in [-0.2, -0.15) is 6.61 Å². The average Bonchev–Trinajstić information content (AvgIpc) is 2.48. The number of nitrogens with two attached hydrogens (primary N) is 1. The summed E-state index contributed by atoms with van der Waals surface area (Å²) in [6.45, 7) is 3.49. The SMILES string of the molecule is CC1(c2cc(-c3cncnc3)ccc2F)[CH-]OCC(N)=N1.[Re]. The van der Waals surface area contributed by atoms with Gasteiger partial charge in [0.25, 0.3) is 0 Å². The topological polar surface area (TPSA) is 73.4 Å². The Balaban J connectivity index is 0.00000176. The minimum absolute atomic E-state index is 0. The Morgan fingerprint density at radius 3 is 2.68 bits per heavy atom. The average molecular weight is 472 g/mol. The first-order valence-corrected chi connectivity index (χ1v) is 6.44. The Hall–Kier alpha value is -1.68. The molecular weight excluding hydrogens is 457 g/mol. The summed E-state index contributed by atoms with van der Waals surface area (Å²) in [5, 5.41) is 0. The van der Waals surface area contributed by atoms with Crippen molar-refractivity contribution < 1.29 is 29.6 Å². The fourth-order valence-corrected chi connectivity index (χ4v) is 2.31. The van der Waals surface area contributed by atoms with Crippen LogP contribution in [0.3, 0.4) is 0 Å². The van der Waals surface area contributed by atoms with Crippen molar-refractivity contribution in [1.82, 2.24) is 9.97 Å². The van der Waals surface area contributed by atoms with E-state index in [-0.39, 0.29) is 32.8 Å². The van der Waals surface area contributed by atoms with E-state index in [0.717, 1.165) is 11.1 Å². The molecule has 1 aliphatic rings. The van der Waals surface area contributed by atoms with E-state index in [4.69, 9.17) is 10.5 Å². The van der Waals surface area contributed by atoms with E-state index >= 15 is 0 Å². The number of hydrogen-bond donors (Lipinski definition) is 1.